The van der Waals surface area contributed by atoms with Crippen LogP contribution in [0.5, 0.6) is 0 Å². The van der Waals surface area contributed by atoms with Gasteiger partial charge in [-0.3, -0.25) is 9.59 Å². The van der Waals surface area contributed by atoms with Crippen molar-refractivity contribution in [3.63, 3.8) is 0 Å². The number of nitrogens with zero attached hydrogens (tertiary/aromatic N) is 1. The van der Waals surface area contributed by atoms with E-state index in [4.69, 9.17) is 0 Å². The molecule has 0 bridgehead atoms. The first-order valence-corrected chi connectivity index (χ1v) is 6.94. The molecular formula is C15H12F5N3O2. The van der Waals surface area contributed by atoms with Crippen molar-refractivity contribution in [2.24, 2.45) is 0 Å². The number of benzene rings is 1. The zero-order chi connectivity index (χ0) is 18.9. The number of aryl methyl sites for hydroxylation is 1. The highest BCUT2D eigenvalue weighted by Crippen LogP contribution is 2.33. The molecule has 1 heterocycles. The number of carbonyl (C=O) groups excluding carboxylic acids is 1. The minimum absolute atomic E-state index is 0.0307. The molecule has 134 valence electrons. The summed E-state index contributed by atoms with van der Waals surface area (Å²) < 4.78 is 65.2. The number of nitrogens with one attached hydrogen (secondary N) is 2. The van der Waals surface area contributed by atoms with Gasteiger partial charge in [0, 0.05) is 11.6 Å². The van der Waals surface area contributed by atoms with E-state index in [1.54, 1.807) is 0 Å². The number of carbonyl (C=O) groups is 1. The van der Waals surface area contributed by atoms with Crippen LogP contribution in [0.1, 0.15) is 40.4 Å². The van der Waals surface area contributed by atoms with Gasteiger partial charge in [-0.05, 0) is 26.0 Å². The molecule has 2 N–H and O–H groups in total. The van der Waals surface area contributed by atoms with E-state index in [1.165, 1.54) is 13.8 Å². The molecule has 0 radical (unpaired) electrons. The van der Waals surface area contributed by atoms with Crippen LogP contribution in [0.15, 0.2) is 23.0 Å². The molecule has 10 heteroatoms. The van der Waals surface area contributed by atoms with Crippen LogP contribution in [-0.2, 0) is 6.18 Å². The summed E-state index contributed by atoms with van der Waals surface area (Å²) in [5.41, 5.74) is -3.06. The van der Waals surface area contributed by atoms with Gasteiger partial charge in [-0.25, -0.2) is 13.8 Å². The fraction of sp³-hybridized carbons (Fsp3) is 0.267. The Balaban J connectivity index is 2.29. The third kappa shape index (κ3) is 4.20. The normalized spacial score (nSPS) is 12.8. The van der Waals surface area contributed by atoms with Gasteiger partial charge in [-0.15, -0.1) is 0 Å². The van der Waals surface area contributed by atoms with Gasteiger partial charge in [0.1, 0.15) is 23.2 Å². The first-order valence-electron chi connectivity index (χ1n) is 6.94. The smallest absolute Gasteiger partial charge is 0.344 e. The standard InChI is InChI=1S/C15H12F5N3O2/c1-6(21-14(25)12-5-13(24)23-7(2)22-12)8-3-11(17)9(4-10(8)16)15(18,19)20/h3-6H,1-2H3,(H,21,25)(H,22,23,24). The van der Waals surface area contributed by atoms with E-state index in [9.17, 15) is 31.5 Å². The van der Waals surface area contributed by atoms with E-state index in [1.807, 2.05) is 0 Å². The number of H-pyrrole nitrogens is 1. The van der Waals surface area contributed by atoms with Gasteiger partial charge >= 0.3 is 6.18 Å². The van der Waals surface area contributed by atoms with Crippen LogP contribution in [0.4, 0.5) is 22.0 Å². The number of rotatable bonds is 3. The van der Waals surface area contributed by atoms with Crippen LogP contribution in [0.2, 0.25) is 0 Å². The molecule has 0 fully saturated rings. The molecule has 1 aromatic carbocycles. The second-order valence-corrected chi connectivity index (χ2v) is 5.26. The summed E-state index contributed by atoms with van der Waals surface area (Å²) in [5.74, 6) is -3.68. The van der Waals surface area contributed by atoms with Gasteiger partial charge in [0.2, 0.25) is 0 Å². The fourth-order valence-electron chi connectivity index (χ4n) is 2.16. The lowest BCUT2D eigenvalue weighted by Crippen LogP contribution is -2.30. The maximum Gasteiger partial charge on any atom is 0.419 e. The van der Waals surface area contributed by atoms with E-state index in [0.717, 1.165) is 6.07 Å². The average molecular weight is 361 g/mol. The second-order valence-electron chi connectivity index (χ2n) is 5.26. The molecule has 2 rings (SSSR count). The van der Waals surface area contributed by atoms with Crippen molar-refractivity contribution in [3.8, 4) is 0 Å². The molecule has 1 atom stereocenters. The predicted molar refractivity (Wildman–Crippen MR) is 76.8 cm³/mol. The lowest BCUT2D eigenvalue weighted by Gasteiger charge is -2.17. The number of amides is 1. The fourth-order valence-corrected chi connectivity index (χ4v) is 2.16. The van der Waals surface area contributed by atoms with E-state index in [-0.39, 0.29) is 17.6 Å². The summed E-state index contributed by atoms with van der Waals surface area (Å²) in [6.45, 7) is 2.69. The third-order valence-corrected chi connectivity index (χ3v) is 3.30. The maximum absolute atomic E-state index is 13.9. The lowest BCUT2D eigenvalue weighted by molar-refractivity contribution is -0.140. The topological polar surface area (TPSA) is 74.8 Å². The van der Waals surface area contributed by atoms with Crippen LogP contribution in [0.25, 0.3) is 0 Å². The molecule has 1 unspecified atom stereocenters. The molecule has 0 aliphatic carbocycles. The molecule has 2 aromatic rings. The number of aromatic nitrogens is 2. The van der Waals surface area contributed by atoms with E-state index in [2.05, 4.69) is 15.3 Å². The molecule has 0 spiro atoms. The number of aromatic amines is 1. The SMILES string of the molecule is Cc1nc(C(=O)NC(C)c2cc(F)c(C(F)(F)F)cc2F)cc(=O)[nH]1. The predicted octanol–water partition coefficient (Wildman–Crippen LogP) is 2.87. The molecular weight excluding hydrogens is 349 g/mol. The summed E-state index contributed by atoms with van der Waals surface area (Å²) in [4.78, 5) is 29.5. The zero-order valence-electron chi connectivity index (χ0n) is 13.0. The van der Waals surface area contributed by atoms with Gasteiger partial charge in [-0.1, -0.05) is 0 Å². The number of halogens is 5. The summed E-state index contributed by atoms with van der Waals surface area (Å²) in [7, 11) is 0. The molecule has 1 aromatic heterocycles. The van der Waals surface area contributed by atoms with Crippen molar-refractivity contribution >= 4 is 5.91 Å². The van der Waals surface area contributed by atoms with Crippen molar-refractivity contribution in [1.82, 2.24) is 15.3 Å². The van der Waals surface area contributed by atoms with Gasteiger partial charge in [-0.2, -0.15) is 13.2 Å². The number of hydrogen-bond acceptors (Lipinski definition) is 3. The Morgan fingerprint density at radius 2 is 1.84 bits per heavy atom. The largest absolute Gasteiger partial charge is 0.419 e. The van der Waals surface area contributed by atoms with Crippen molar-refractivity contribution in [2.45, 2.75) is 26.1 Å². The van der Waals surface area contributed by atoms with Crippen molar-refractivity contribution in [1.29, 1.82) is 0 Å². The highest BCUT2D eigenvalue weighted by atomic mass is 19.4. The van der Waals surface area contributed by atoms with Crippen LogP contribution >= 0.6 is 0 Å². The van der Waals surface area contributed by atoms with Crippen LogP contribution < -0.4 is 10.9 Å². The monoisotopic (exact) mass is 361 g/mol. The maximum atomic E-state index is 13.9. The first kappa shape index (κ1) is 18.6. The number of alkyl halides is 3. The summed E-state index contributed by atoms with van der Waals surface area (Å²) >= 11 is 0. The molecule has 0 aliphatic rings. The zero-order valence-corrected chi connectivity index (χ0v) is 13.0. The van der Waals surface area contributed by atoms with E-state index < -0.39 is 46.4 Å². The Morgan fingerprint density at radius 1 is 1.20 bits per heavy atom. The summed E-state index contributed by atoms with van der Waals surface area (Å²) in [5, 5.41) is 2.25. The van der Waals surface area contributed by atoms with Gasteiger partial charge in [0.25, 0.3) is 11.5 Å². The Hall–Kier alpha value is -2.78. The summed E-state index contributed by atoms with van der Waals surface area (Å²) in [6, 6.07) is 0.145. The minimum atomic E-state index is -5.04. The highest BCUT2D eigenvalue weighted by molar-refractivity contribution is 5.92. The summed E-state index contributed by atoms with van der Waals surface area (Å²) in [6.07, 6.45) is -5.04. The lowest BCUT2D eigenvalue weighted by atomic mass is 10.0. The van der Waals surface area contributed by atoms with E-state index in [0.29, 0.717) is 6.07 Å². The average Bonchev–Trinajstić information content (AvgIpc) is 2.46. The molecule has 0 saturated heterocycles. The molecule has 1 amide bonds. The van der Waals surface area contributed by atoms with Gasteiger partial charge in [0.05, 0.1) is 11.6 Å². The Bertz CT molecular complexity index is 876. The molecule has 0 saturated carbocycles. The number of hydrogen-bond donors (Lipinski definition) is 2. The Morgan fingerprint density at radius 3 is 2.40 bits per heavy atom. The van der Waals surface area contributed by atoms with E-state index >= 15 is 0 Å². The van der Waals surface area contributed by atoms with Crippen molar-refractivity contribution < 1.29 is 26.7 Å². The van der Waals surface area contributed by atoms with Gasteiger partial charge < -0.3 is 10.3 Å². The van der Waals surface area contributed by atoms with Gasteiger partial charge in [0.15, 0.2) is 0 Å². The van der Waals surface area contributed by atoms with Crippen LogP contribution in [0.3, 0.4) is 0 Å². The molecule has 25 heavy (non-hydrogen) atoms. The quantitative estimate of drug-likeness (QED) is 0.826. The first-order chi connectivity index (χ1) is 11.5. The van der Waals surface area contributed by atoms with Crippen molar-refractivity contribution in [2.75, 3.05) is 0 Å². The second kappa shape index (κ2) is 6.61. The molecule has 0 aliphatic heterocycles. The van der Waals surface area contributed by atoms with Crippen LogP contribution in [0, 0.1) is 18.6 Å². The molecule has 5 nitrogen and oxygen atoms in total. The van der Waals surface area contributed by atoms with Crippen LogP contribution in [-0.4, -0.2) is 15.9 Å². The van der Waals surface area contributed by atoms with Crippen molar-refractivity contribution in [3.05, 3.63) is 62.8 Å². The highest BCUT2D eigenvalue weighted by Gasteiger charge is 2.35. The third-order valence-electron chi connectivity index (χ3n) is 3.30. The Labute approximate surface area is 137 Å². The Kier molecular flexibility index (Phi) is 4.91. The minimum Gasteiger partial charge on any atom is -0.344 e.